The van der Waals surface area contributed by atoms with Gasteiger partial charge < -0.3 is 4.74 Å². The molecule has 0 aliphatic carbocycles. The number of hydrogen-bond acceptors (Lipinski definition) is 1. The molecule has 0 amide bonds. The predicted octanol–water partition coefficient (Wildman–Crippen LogP) is 4.93. The normalized spacial score (nSPS) is 13.0. The molecule has 0 rings (SSSR count). The maximum Gasteiger partial charge on any atom is 0.0587 e. The molecular formula is C13H27BrO. The van der Waals surface area contributed by atoms with E-state index in [2.05, 4.69) is 22.9 Å². The molecule has 0 aliphatic heterocycles. The van der Waals surface area contributed by atoms with E-state index >= 15 is 0 Å². The van der Waals surface area contributed by atoms with Crippen molar-refractivity contribution >= 4 is 15.9 Å². The third-order valence-electron chi connectivity index (χ3n) is 2.72. The first-order valence-corrected chi connectivity index (χ1v) is 7.35. The third-order valence-corrected chi connectivity index (χ3v) is 3.44. The minimum atomic E-state index is 0.558. The van der Waals surface area contributed by atoms with Gasteiger partial charge in [0.25, 0.3) is 0 Å². The summed E-state index contributed by atoms with van der Waals surface area (Å²) in [5.74, 6) is 0. The van der Waals surface area contributed by atoms with E-state index in [1.54, 1.807) is 7.11 Å². The predicted molar refractivity (Wildman–Crippen MR) is 71.8 cm³/mol. The van der Waals surface area contributed by atoms with E-state index in [1.165, 1.54) is 57.8 Å². The third kappa shape index (κ3) is 12.4. The molecule has 0 heterocycles. The number of methoxy groups -OCH3 is 1. The first-order chi connectivity index (χ1) is 7.31. The van der Waals surface area contributed by atoms with Gasteiger partial charge in [-0.25, -0.2) is 0 Å². The topological polar surface area (TPSA) is 9.23 Å². The Labute approximate surface area is 104 Å². The molecule has 0 aromatic rings. The molecule has 1 unspecified atom stereocenters. The van der Waals surface area contributed by atoms with Crippen LogP contribution in [0.15, 0.2) is 0 Å². The van der Waals surface area contributed by atoms with Crippen LogP contribution >= 0.6 is 15.9 Å². The number of hydrogen-bond donors (Lipinski definition) is 0. The van der Waals surface area contributed by atoms with E-state index in [0.29, 0.717) is 4.83 Å². The first kappa shape index (κ1) is 15.4. The minimum absolute atomic E-state index is 0.558. The standard InChI is InChI=1S/C13H27BrO/c1-3-4-5-6-7-8-9-10-11-13(14)12-15-2/h13H,3-12H2,1-2H3. The van der Waals surface area contributed by atoms with Crippen molar-refractivity contribution in [2.75, 3.05) is 13.7 Å². The molecule has 0 aliphatic rings. The van der Waals surface area contributed by atoms with Crippen molar-refractivity contribution in [1.82, 2.24) is 0 Å². The Morgan fingerprint density at radius 3 is 2.00 bits per heavy atom. The molecule has 0 aromatic carbocycles. The van der Waals surface area contributed by atoms with Gasteiger partial charge in [0.15, 0.2) is 0 Å². The van der Waals surface area contributed by atoms with Gasteiger partial charge in [-0.2, -0.15) is 0 Å². The second-order valence-electron chi connectivity index (χ2n) is 4.32. The zero-order valence-corrected chi connectivity index (χ0v) is 12.0. The molecule has 0 fully saturated rings. The van der Waals surface area contributed by atoms with Gasteiger partial charge in [0.1, 0.15) is 0 Å². The minimum Gasteiger partial charge on any atom is -0.384 e. The highest BCUT2D eigenvalue weighted by atomic mass is 79.9. The Morgan fingerprint density at radius 2 is 1.47 bits per heavy atom. The molecule has 0 saturated heterocycles. The average molecular weight is 279 g/mol. The number of halogens is 1. The summed E-state index contributed by atoms with van der Waals surface area (Å²) in [6.45, 7) is 3.11. The maximum atomic E-state index is 5.08. The lowest BCUT2D eigenvalue weighted by molar-refractivity contribution is 0.197. The Hall–Kier alpha value is 0.440. The van der Waals surface area contributed by atoms with Crippen molar-refractivity contribution in [3.05, 3.63) is 0 Å². The lowest BCUT2D eigenvalue weighted by atomic mass is 10.1. The zero-order chi connectivity index (χ0) is 11.4. The summed E-state index contributed by atoms with van der Waals surface area (Å²) in [6, 6.07) is 0. The largest absolute Gasteiger partial charge is 0.384 e. The van der Waals surface area contributed by atoms with E-state index in [4.69, 9.17) is 4.74 Å². The van der Waals surface area contributed by atoms with E-state index < -0.39 is 0 Å². The molecule has 0 spiro atoms. The van der Waals surface area contributed by atoms with Crippen molar-refractivity contribution < 1.29 is 4.74 Å². The Kier molecular flexibility index (Phi) is 12.9. The lowest BCUT2D eigenvalue weighted by Crippen LogP contribution is -2.05. The second-order valence-corrected chi connectivity index (χ2v) is 5.61. The summed E-state index contributed by atoms with van der Waals surface area (Å²) in [7, 11) is 1.77. The van der Waals surface area contributed by atoms with Gasteiger partial charge in [0.2, 0.25) is 0 Å². The van der Waals surface area contributed by atoms with Crippen LogP contribution in [0.25, 0.3) is 0 Å². The van der Waals surface area contributed by atoms with Crippen molar-refractivity contribution in [2.24, 2.45) is 0 Å². The molecule has 2 heteroatoms. The van der Waals surface area contributed by atoms with Gasteiger partial charge in [-0.1, -0.05) is 74.2 Å². The van der Waals surface area contributed by atoms with Crippen LogP contribution in [0.2, 0.25) is 0 Å². The Balaban J connectivity index is 2.98. The average Bonchev–Trinajstić information content (AvgIpc) is 2.22. The fourth-order valence-electron chi connectivity index (χ4n) is 1.76. The van der Waals surface area contributed by atoms with Crippen LogP contribution in [-0.2, 0) is 4.74 Å². The molecule has 1 nitrogen and oxygen atoms in total. The van der Waals surface area contributed by atoms with Gasteiger partial charge in [-0.05, 0) is 6.42 Å². The molecule has 0 saturated carbocycles. The van der Waals surface area contributed by atoms with Gasteiger partial charge in [-0.15, -0.1) is 0 Å². The van der Waals surface area contributed by atoms with Crippen LogP contribution in [-0.4, -0.2) is 18.5 Å². The Bertz CT molecular complexity index is 117. The molecule has 0 bridgehead atoms. The summed E-state index contributed by atoms with van der Waals surface area (Å²) in [6.07, 6.45) is 12.5. The molecular weight excluding hydrogens is 252 g/mol. The summed E-state index contributed by atoms with van der Waals surface area (Å²) in [5, 5.41) is 0. The van der Waals surface area contributed by atoms with E-state index in [0.717, 1.165) is 6.61 Å². The lowest BCUT2D eigenvalue weighted by Gasteiger charge is -2.07. The summed E-state index contributed by atoms with van der Waals surface area (Å²) in [5.41, 5.74) is 0. The van der Waals surface area contributed by atoms with Gasteiger partial charge in [0.05, 0.1) is 6.61 Å². The highest BCUT2D eigenvalue weighted by molar-refractivity contribution is 9.09. The zero-order valence-electron chi connectivity index (χ0n) is 10.4. The highest BCUT2D eigenvalue weighted by Gasteiger charge is 2.02. The summed E-state index contributed by atoms with van der Waals surface area (Å²) < 4.78 is 5.08. The number of rotatable bonds is 11. The number of unbranched alkanes of at least 4 members (excludes halogenated alkanes) is 7. The second kappa shape index (κ2) is 12.5. The van der Waals surface area contributed by atoms with E-state index in [9.17, 15) is 0 Å². The first-order valence-electron chi connectivity index (χ1n) is 6.44. The highest BCUT2D eigenvalue weighted by Crippen LogP contribution is 2.13. The van der Waals surface area contributed by atoms with Crippen LogP contribution in [0.3, 0.4) is 0 Å². The van der Waals surface area contributed by atoms with Crippen molar-refractivity contribution in [1.29, 1.82) is 0 Å². The van der Waals surface area contributed by atoms with E-state index in [1.807, 2.05) is 0 Å². The van der Waals surface area contributed by atoms with E-state index in [-0.39, 0.29) is 0 Å². The summed E-state index contributed by atoms with van der Waals surface area (Å²) in [4.78, 5) is 0.558. The fraction of sp³-hybridized carbons (Fsp3) is 1.00. The molecule has 15 heavy (non-hydrogen) atoms. The van der Waals surface area contributed by atoms with Gasteiger partial charge >= 0.3 is 0 Å². The van der Waals surface area contributed by atoms with Crippen LogP contribution in [0.1, 0.15) is 64.7 Å². The Morgan fingerprint density at radius 1 is 0.933 bits per heavy atom. The molecule has 0 radical (unpaired) electrons. The maximum absolute atomic E-state index is 5.08. The van der Waals surface area contributed by atoms with Gasteiger partial charge in [0, 0.05) is 11.9 Å². The number of ether oxygens (including phenoxy) is 1. The van der Waals surface area contributed by atoms with Crippen LogP contribution in [0.4, 0.5) is 0 Å². The van der Waals surface area contributed by atoms with Crippen molar-refractivity contribution in [2.45, 2.75) is 69.5 Å². The van der Waals surface area contributed by atoms with Crippen molar-refractivity contribution in [3.8, 4) is 0 Å². The smallest absolute Gasteiger partial charge is 0.0587 e. The quantitative estimate of drug-likeness (QED) is 0.385. The molecule has 0 aromatic heterocycles. The molecule has 1 atom stereocenters. The fourth-order valence-corrected chi connectivity index (χ4v) is 2.35. The van der Waals surface area contributed by atoms with Crippen molar-refractivity contribution in [3.63, 3.8) is 0 Å². The molecule has 0 N–H and O–H groups in total. The SMILES string of the molecule is CCCCCCCCCCC(Br)COC. The summed E-state index contributed by atoms with van der Waals surface area (Å²) >= 11 is 3.62. The van der Waals surface area contributed by atoms with Gasteiger partial charge in [-0.3, -0.25) is 0 Å². The van der Waals surface area contributed by atoms with Crippen LogP contribution in [0, 0.1) is 0 Å². The van der Waals surface area contributed by atoms with Crippen LogP contribution in [0.5, 0.6) is 0 Å². The number of alkyl halides is 1. The monoisotopic (exact) mass is 278 g/mol. The molecule has 92 valence electrons. The van der Waals surface area contributed by atoms with Crippen LogP contribution < -0.4 is 0 Å².